The summed E-state index contributed by atoms with van der Waals surface area (Å²) in [5.74, 6) is -0.982. The first-order valence-corrected chi connectivity index (χ1v) is 12.6. The highest BCUT2D eigenvalue weighted by Crippen LogP contribution is 2.53. The standard InChI is InChI=1S/C28H46O5/c1-18(24(29)30)17-33-28(19(2)25(31)32,22-13-9-20(10-14-22)26(3,4)5)23-15-11-21(12-16-23)27(6,7)8/h20-23H,1-2,9-17H2,3-8H3,(H,29,30)(H,31,32). The van der Waals surface area contributed by atoms with E-state index in [1.807, 2.05) is 0 Å². The molecule has 188 valence electrons. The van der Waals surface area contributed by atoms with Crippen molar-refractivity contribution in [2.75, 3.05) is 6.61 Å². The van der Waals surface area contributed by atoms with Gasteiger partial charge in [0.25, 0.3) is 0 Å². The van der Waals surface area contributed by atoms with Gasteiger partial charge in [0.1, 0.15) is 5.60 Å². The number of hydrogen-bond donors (Lipinski definition) is 2. The first-order chi connectivity index (χ1) is 15.1. The third kappa shape index (κ3) is 6.29. The van der Waals surface area contributed by atoms with Crippen molar-refractivity contribution in [2.24, 2.45) is 34.5 Å². The molecule has 2 rings (SSSR count). The fraction of sp³-hybridized carbons (Fsp3) is 0.786. The molecule has 0 aromatic rings. The van der Waals surface area contributed by atoms with Gasteiger partial charge in [-0.2, -0.15) is 0 Å². The largest absolute Gasteiger partial charge is 0.478 e. The molecule has 0 unspecified atom stereocenters. The van der Waals surface area contributed by atoms with Crippen molar-refractivity contribution < 1.29 is 24.5 Å². The van der Waals surface area contributed by atoms with Gasteiger partial charge in [-0.25, -0.2) is 9.59 Å². The number of ether oxygens (including phenoxy) is 1. The van der Waals surface area contributed by atoms with Crippen LogP contribution >= 0.6 is 0 Å². The predicted molar refractivity (Wildman–Crippen MR) is 132 cm³/mol. The lowest BCUT2D eigenvalue weighted by Gasteiger charge is -2.52. The molecule has 0 saturated heterocycles. The highest BCUT2D eigenvalue weighted by Gasteiger charge is 2.53. The molecule has 2 N–H and O–H groups in total. The number of carboxylic acid groups (broad SMARTS) is 2. The molecule has 5 nitrogen and oxygen atoms in total. The molecule has 5 heteroatoms. The SMILES string of the molecule is C=C(COC(C(=C)C(=O)O)(C1CCC(C(C)(C)C)CC1)C1CCC(C(C)(C)C)CC1)C(=O)O. The maximum absolute atomic E-state index is 12.3. The van der Waals surface area contributed by atoms with Crippen molar-refractivity contribution >= 4 is 11.9 Å². The van der Waals surface area contributed by atoms with Crippen molar-refractivity contribution in [3.8, 4) is 0 Å². The van der Waals surface area contributed by atoms with Crippen LogP contribution in [0.1, 0.15) is 92.9 Å². The molecule has 2 aliphatic rings. The van der Waals surface area contributed by atoms with Crippen LogP contribution in [0.15, 0.2) is 24.3 Å². The summed E-state index contributed by atoms with van der Waals surface area (Å²) in [7, 11) is 0. The summed E-state index contributed by atoms with van der Waals surface area (Å²) in [5.41, 5.74) is -0.611. The number of hydrogen-bond acceptors (Lipinski definition) is 3. The minimum atomic E-state index is -1.11. The molecule has 0 heterocycles. The molecule has 2 saturated carbocycles. The van der Waals surface area contributed by atoms with E-state index < -0.39 is 17.5 Å². The number of carboxylic acids is 2. The van der Waals surface area contributed by atoms with Gasteiger partial charge in [0, 0.05) is 0 Å². The Morgan fingerprint density at radius 3 is 1.30 bits per heavy atom. The summed E-state index contributed by atoms with van der Waals surface area (Å²) < 4.78 is 6.44. The summed E-state index contributed by atoms with van der Waals surface area (Å²) >= 11 is 0. The summed E-state index contributed by atoms with van der Waals surface area (Å²) in [5, 5.41) is 19.5. The fourth-order valence-corrected chi connectivity index (χ4v) is 6.36. The maximum atomic E-state index is 12.3. The van der Waals surface area contributed by atoms with E-state index in [1.165, 1.54) is 0 Å². The third-order valence-corrected chi connectivity index (χ3v) is 8.63. The Balaban J connectivity index is 2.41. The lowest BCUT2D eigenvalue weighted by molar-refractivity contribution is -0.150. The highest BCUT2D eigenvalue weighted by atomic mass is 16.5. The van der Waals surface area contributed by atoms with E-state index in [-0.39, 0.29) is 40.4 Å². The van der Waals surface area contributed by atoms with E-state index in [4.69, 9.17) is 4.74 Å². The highest BCUT2D eigenvalue weighted by molar-refractivity contribution is 5.89. The zero-order chi connectivity index (χ0) is 25.2. The van der Waals surface area contributed by atoms with Crippen molar-refractivity contribution in [3.05, 3.63) is 24.3 Å². The van der Waals surface area contributed by atoms with E-state index in [0.29, 0.717) is 11.8 Å². The van der Waals surface area contributed by atoms with Crippen molar-refractivity contribution in [2.45, 2.75) is 98.5 Å². The van der Waals surface area contributed by atoms with E-state index in [0.717, 1.165) is 51.4 Å². The summed E-state index contributed by atoms with van der Waals surface area (Å²) in [6.07, 6.45) is 7.54. The van der Waals surface area contributed by atoms with Gasteiger partial charge in [-0.1, -0.05) is 54.7 Å². The molecule has 0 atom stereocenters. The van der Waals surface area contributed by atoms with Crippen LogP contribution in [-0.4, -0.2) is 34.4 Å². The molecular formula is C28H46O5. The van der Waals surface area contributed by atoms with Gasteiger partial charge in [-0.15, -0.1) is 0 Å². The first-order valence-electron chi connectivity index (χ1n) is 12.6. The average molecular weight is 463 g/mol. The molecule has 0 spiro atoms. The Hall–Kier alpha value is -1.62. The maximum Gasteiger partial charge on any atom is 0.333 e. The van der Waals surface area contributed by atoms with Crippen LogP contribution in [0.3, 0.4) is 0 Å². The number of rotatable bonds is 8. The molecule has 2 aliphatic carbocycles. The molecule has 0 radical (unpaired) electrons. The normalized spacial score (nSPS) is 28.5. The van der Waals surface area contributed by atoms with Gasteiger partial charge in [0.2, 0.25) is 0 Å². The predicted octanol–water partition coefficient (Wildman–Crippen LogP) is 6.73. The summed E-state index contributed by atoms with van der Waals surface area (Å²) in [4.78, 5) is 23.8. The average Bonchev–Trinajstić information content (AvgIpc) is 2.73. The number of carbonyl (C=O) groups is 2. The molecule has 0 aromatic carbocycles. The van der Waals surface area contributed by atoms with Crippen LogP contribution in [0.4, 0.5) is 0 Å². The topological polar surface area (TPSA) is 83.8 Å². The van der Waals surface area contributed by atoms with E-state index in [2.05, 4.69) is 54.7 Å². The van der Waals surface area contributed by atoms with Crippen LogP contribution in [-0.2, 0) is 14.3 Å². The molecule has 0 amide bonds. The smallest absolute Gasteiger partial charge is 0.333 e. The van der Waals surface area contributed by atoms with Crippen LogP contribution < -0.4 is 0 Å². The van der Waals surface area contributed by atoms with Crippen LogP contribution in [0, 0.1) is 34.5 Å². The fourth-order valence-electron chi connectivity index (χ4n) is 6.36. The Morgan fingerprint density at radius 2 is 1.03 bits per heavy atom. The van der Waals surface area contributed by atoms with Crippen molar-refractivity contribution in [1.82, 2.24) is 0 Å². The van der Waals surface area contributed by atoms with Gasteiger partial charge in [-0.3, -0.25) is 0 Å². The third-order valence-electron chi connectivity index (χ3n) is 8.63. The minimum absolute atomic E-state index is 0.0116. The van der Waals surface area contributed by atoms with Crippen LogP contribution in [0.5, 0.6) is 0 Å². The molecule has 0 aliphatic heterocycles. The van der Waals surface area contributed by atoms with Crippen molar-refractivity contribution in [3.63, 3.8) is 0 Å². The van der Waals surface area contributed by atoms with E-state index >= 15 is 0 Å². The van der Waals surface area contributed by atoms with Crippen LogP contribution in [0.2, 0.25) is 0 Å². The lowest BCUT2D eigenvalue weighted by Crippen LogP contribution is -2.54. The van der Waals surface area contributed by atoms with Gasteiger partial charge in [0.15, 0.2) is 0 Å². The van der Waals surface area contributed by atoms with Crippen molar-refractivity contribution in [1.29, 1.82) is 0 Å². The van der Waals surface area contributed by atoms with Gasteiger partial charge in [0.05, 0.1) is 17.8 Å². The van der Waals surface area contributed by atoms with Gasteiger partial charge in [-0.05, 0) is 85.9 Å². The summed E-state index contributed by atoms with van der Waals surface area (Å²) in [6.45, 7) is 21.1. The molecular weight excluding hydrogens is 416 g/mol. The van der Waals surface area contributed by atoms with Gasteiger partial charge < -0.3 is 14.9 Å². The molecule has 33 heavy (non-hydrogen) atoms. The Bertz CT molecular complexity index is 701. The lowest BCUT2D eigenvalue weighted by atomic mass is 9.58. The second-order valence-corrected chi connectivity index (χ2v) is 12.6. The first kappa shape index (κ1) is 27.6. The van der Waals surface area contributed by atoms with E-state index in [1.54, 1.807) is 0 Å². The van der Waals surface area contributed by atoms with Gasteiger partial charge >= 0.3 is 11.9 Å². The molecule has 0 aromatic heterocycles. The molecule has 0 bridgehead atoms. The quantitative estimate of drug-likeness (QED) is 0.391. The summed E-state index contributed by atoms with van der Waals surface area (Å²) in [6, 6.07) is 0. The minimum Gasteiger partial charge on any atom is -0.478 e. The Morgan fingerprint density at radius 1 is 0.697 bits per heavy atom. The molecule has 2 fully saturated rings. The van der Waals surface area contributed by atoms with Crippen LogP contribution in [0.25, 0.3) is 0 Å². The zero-order valence-electron chi connectivity index (χ0n) is 21.7. The zero-order valence-corrected chi connectivity index (χ0v) is 21.7. The Labute approximate surface area is 200 Å². The second-order valence-electron chi connectivity index (χ2n) is 12.6. The Kier molecular flexibility index (Phi) is 8.65. The number of aliphatic carboxylic acids is 2. The second kappa shape index (κ2) is 10.3. The monoisotopic (exact) mass is 462 g/mol. The van der Waals surface area contributed by atoms with E-state index in [9.17, 15) is 19.8 Å².